The predicted octanol–water partition coefficient (Wildman–Crippen LogP) is 3.96. The maximum Gasteiger partial charge on any atom is 0.323 e. The number of amides is 2. The quantitative estimate of drug-likeness (QED) is 0.787. The Balaban J connectivity index is 1.62. The topological polar surface area (TPSA) is 72.1 Å². The van der Waals surface area contributed by atoms with Crippen molar-refractivity contribution in [1.29, 1.82) is 0 Å². The summed E-state index contributed by atoms with van der Waals surface area (Å²) in [6.07, 6.45) is 2.49. The summed E-state index contributed by atoms with van der Waals surface area (Å²) < 4.78 is 16.1. The molecular formula is C21H27N3O4. The third-order valence-corrected chi connectivity index (χ3v) is 4.85. The van der Waals surface area contributed by atoms with Gasteiger partial charge in [-0.05, 0) is 49.2 Å². The van der Waals surface area contributed by atoms with E-state index in [1.54, 1.807) is 32.4 Å². The van der Waals surface area contributed by atoms with Crippen LogP contribution in [0.15, 0.2) is 42.5 Å². The second kappa shape index (κ2) is 9.32. The second-order valence-electron chi connectivity index (χ2n) is 6.61. The van der Waals surface area contributed by atoms with Crippen molar-refractivity contribution < 1.29 is 19.0 Å². The van der Waals surface area contributed by atoms with Gasteiger partial charge in [0, 0.05) is 31.6 Å². The molecule has 1 fully saturated rings. The van der Waals surface area contributed by atoms with Gasteiger partial charge in [-0.15, -0.1) is 0 Å². The Morgan fingerprint density at radius 1 is 1.04 bits per heavy atom. The summed E-state index contributed by atoms with van der Waals surface area (Å²) in [5.74, 6) is 1.04. The molecule has 1 saturated heterocycles. The highest BCUT2D eigenvalue weighted by atomic mass is 16.5. The van der Waals surface area contributed by atoms with Gasteiger partial charge in [-0.2, -0.15) is 0 Å². The summed E-state index contributed by atoms with van der Waals surface area (Å²) in [6, 6.07) is 12.8. The van der Waals surface area contributed by atoms with Crippen molar-refractivity contribution in [3.63, 3.8) is 0 Å². The molecule has 7 heteroatoms. The van der Waals surface area contributed by atoms with Gasteiger partial charge < -0.3 is 29.7 Å². The van der Waals surface area contributed by atoms with Gasteiger partial charge in [-0.25, -0.2) is 4.79 Å². The van der Waals surface area contributed by atoms with Gasteiger partial charge in [-0.1, -0.05) is 6.07 Å². The number of ether oxygens (including phenoxy) is 3. The molecule has 0 spiro atoms. The van der Waals surface area contributed by atoms with Crippen LogP contribution in [0.2, 0.25) is 0 Å². The van der Waals surface area contributed by atoms with E-state index in [1.165, 1.54) is 7.11 Å². The number of carbonyl (C=O) groups is 1. The van der Waals surface area contributed by atoms with Gasteiger partial charge in [0.05, 0.1) is 26.0 Å². The van der Waals surface area contributed by atoms with E-state index >= 15 is 0 Å². The van der Waals surface area contributed by atoms with E-state index in [9.17, 15) is 4.79 Å². The SMILES string of the molecule is COc1cccc(NC(=O)Nc2ccc(N3CCC[C@H](OC)C3)cc2)c1OC. The van der Waals surface area contributed by atoms with Crippen LogP contribution in [-0.2, 0) is 4.74 Å². The fourth-order valence-corrected chi connectivity index (χ4v) is 3.39. The highest BCUT2D eigenvalue weighted by Gasteiger charge is 2.19. The first-order valence-electron chi connectivity index (χ1n) is 9.31. The molecule has 2 aromatic carbocycles. The summed E-state index contributed by atoms with van der Waals surface area (Å²) in [7, 11) is 4.85. The van der Waals surface area contributed by atoms with Crippen LogP contribution in [-0.4, -0.2) is 46.6 Å². The predicted molar refractivity (Wildman–Crippen MR) is 111 cm³/mol. The Labute approximate surface area is 165 Å². The molecule has 0 saturated carbocycles. The average Bonchev–Trinajstić information content (AvgIpc) is 2.74. The van der Waals surface area contributed by atoms with Crippen LogP contribution in [0.5, 0.6) is 11.5 Å². The van der Waals surface area contributed by atoms with Gasteiger partial charge in [0.15, 0.2) is 11.5 Å². The van der Waals surface area contributed by atoms with Crippen molar-refractivity contribution in [2.75, 3.05) is 50.0 Å². The van der Waals surface area contributed by atoms with E-state index in [1.807, 2.05) is 24.3 Å². The maximum atomic E-state index is 12.4. The summed E-state index contributed by atoms with van der Waals surface area (Å²) >= 11 is 0. The molecule has 2 N–H and O–H groups in total. The summed E-state index contributed by atoms with van der Waals surface area (Å²) in [5, 5.41) is 5.63. The van der Waals surface area contributed by atoms with E-state index in [-0.39, 0.29) is 12.1 Å². The number of para-hydroxylation sites is 1. The number of hydrogen-bond donors (Lipinski definition) is 2. The number of benzene rings is 2. The van der Waals surface area contributed by atoms with Crippen LogP contribution in [0.25, 0.3) is 0 Å². The molecule has 0 aromatic heterocycles. The monoisotopic (exact) mass is 385 g/mol. The standard InChI is InChI=1S/C21H27N3O4/c1-26-17-6-5-13-24(14-17)16-11-9-15(10-12-16)22-21(25)23-18-7-4-8-19(27-2)20(18)28-3/h4,7-12,17H,5-6,13-14H2,1-3H3,(H2,22,23,25)/t17-/m0/s1. The lowest BCUT2D eigenvalue weighted by molar-refractivity contribution is 0.0893. The largest absolute Gasteiger partial charge is 0.493 e. The molecule has 2 aromatic rings. The molecule has 1 heterocycles. The lowest BCUT2D eigenvalue weighted by Gasteiger charge is -2.33. The van der Waals surface area contributed by atoms with Crippen LogP contribution in [0.3, 0.4) is 0 Å². The molecular weight excluding hydrogens is 358 g/mol. The van der Waals surface area contributed by atoms with Crippen LogP contribution in [0.1, 0.15) is 12.8 Å². The normalized spacial score (nSPS) is 16.4. The number of piperidine rings is 1. The van der Waals surface area contributed by atoms with Crippen molar-refractivity contribution in [3.05, 3.63) is 42.5 Å². The lowest BCUT2D eigenvalue weighted by atomic mass is 10.1. The number of anilines is 3. The van der Waals surface area contributed by atoms with Gasteiger partial charge >= 0.3 is 6.03 Å². The third kappa shape index (κ3) is 4.67. The van der Waals surface area contributed by atoms with Crippen molar-refractivity contribution in [2.24, 2.45) is 0 Å². The van der Waals surface area contributed by atoms with E-state index in [0.29, 0.717) is 22.9 Å². The number of methoxy groups -OCH3 is 3. The zero-order valence-electron chi connectivity index (χ0n) is 16.5. The molecule has 7 nitrogen and oxygen atoms in total. The Morgan fingerprint density at radius 2 is 1.82 bits per heavy atom. The van der Waals surface area contributed by atoms with Crippen LogP contribution >= 0.6 is 0 Å². The van der Waals surface area contributed by atoms with Crippen molar-refractivity contribution in [1.82, 2.24) is 0 Å². The zero-order valence-corrected chi connectivity index (χ0v) is 16.5. The molecule has 1 aliphatic rings. The van der Waals surface area contributed by atoms with Gasteiger partial charge in [0.1, 0.15) is 0 Å². The molecule has 3 rings (SSSR count). The van der Waals surface area contributed by atoms with Gasteiger partial charge in [0.2, 0.25) is 0 Å². The Kier molecular flexibility index (Phi) is 6.60. The first kappa shape index (κ1) is 19.8. The number of rotatable bonds is 6. The Bertz CT molecular complexity index is 795. The van der Waals surface area contributed by atoms with E-state index < -0.39 is 0 Å². The molecule has 1 aliphatic heterocycles. The number of urea groups is 1. The van der Waals surface area contributed by atoms with E-state index in [2.05, 4.69) is 15.5 Å². The molecule has 0 radical (unpaired) electrons. The van der Waals surface area contributed by atoms with Crippen molar-refractivity contribution >= 4 is 23.1 Å². The molecule has 0 unspecified atom stereocenters. The molecule has 1 atom stereocenters. The zero-order chi connectivity index (χ0) is 19.9. The summed E-state index contributed by atoms with van der Waals surface area (Å²) in [6.45, 7) is 1.90. The van der Waals surface area contributed by atoms with E-state index in [0.717, 1.165) is 31.6 Å². The minimum Gasteiger partial charge on any atom is -0.493 e. The smallest absolute Gasteiger partial charge is 0.323 e. The minimum absolute atomic E-state index is 0.273. The number of nitrogens with zero attached hydrogens (tertiary/aromatic N) is 1. The third-order valence-electron chi connectivity index (χ3n) is 4.85. The highest BCUT2D eigenvalue weighted by Crippen LogP contribution is 2.34. The first-order chi connectivity index (χ1) is 13.6. The molecule has 0 bridgehead atoms. The van der Waals surface area contributed by atoms with Gasteiger partial charge in [0.25, 0.3) is 0 Å². The van der Waals surface area contributed by atoms with Gasteiger partial charge in [-0.3, -0.25) is 0 Å². The number of carbonyl (C=O) groups excluding carboxylic acids is 1. The first-order valence-corrected chi connectivity index (χ1v) is 9.31. The minimum atomic E-state index is -0.350. The average molecular weight is 385 g/mol. The van der Waals surface area contributed by atoms with Crippen LogP contribution in [0.4, 0.5) is 21.9 Å². The molecule has 0 aliphatic carbocycles. The van der Waals surface area contributed by atoms with Crippen molar-refractivity contribution in [2.45, 2.75) is 18.9 Å². The van der Waals surface area contributed by atoms with Crippen molar-refractivity contribution in [3.8, 4) is 11.5 Å². The Morgan fingerprint density at radius 3 is 2.50 bits per heavy atom. The van der Waals surface area contributed by atoms with Crippen LogP contribution < -0.4 is 25.0 Å². The maximum absolute atomic E-state index is 12.4. The summed E-state index contributed by atoms with van der Waals surface area (Å²) in [4.78, 5) is 14.7. The fourth-order valence-electron chi connectivity index (χ4n) is 3.39. The molecule has 150 valence electrons. The Hall–Kier alpha value is -2.93. The highest BCUT2D eigenvalue weighted by molar-refractivity contribution is 6.01. The fraction of sp³-hybridized carbons (Fsp3) is 0.381. The molecule has 28 heavy (non-hydrogen) atoms. The van der Waals surface area contributed by atoms with E-state index in [4.69, 9.17) is 14.2 Å². The summed E-state index contributed by atoms with van der Waals surface area (Å²) in [5.41, 5.74) is 2.38. The second-order valence-corrected chi connectivity index (χ2v) is 6.61. The lowest BCUT2D eigenvalue weighted by Crippen LogP contribution is -2.39. The number of hydrogen-bond acceptors (Lipinski definition) is 5. The molecule has 2 amide bonds. The van der Waals surface area contributed by atoms with Crippen LogP contribution in [0, 0.1) is 0 Å². The number of nitrogens with one attached hydrogen (secondary N) is 2.